The molecule has 0 aromatic heterocycles. The van der Waals surface area contributed by atoms with Gasteiger partial charge in [0.15, 0.2) is 11.5 Å². The number of hydrogen-bond donors (Lipinski definition) is 0. The maximum Gasteiger partial charge on any atom is 1.00 e. The van der Waals surface area contributed by atoms with Gasteiger partial charge in [-0.15, -0.1) is 0 Å². The van der Waals surface area contributed by atoms with Crippen molar-refractivity contribution in [3.63, 3.8) is 0 Å². The Labute approximate surface area is 369 Å². The second-order valence-electron chi connectivity index (χ2n) is 14.3. The van der Waals surface area contributed by atoms with Crippen LogP contribution in [-0.4, -0.2) is 32.8 Å². The summed E-state index contributed by atoms with van der Waals surface area (Å²) in [5.74, 6) is 1.04. The van der Waals surface area contributed by atoms with Crippen molar-refractivity contribution in [3.8, 4) is 17.2 Å². The van der Waals surface area contributed by atoms with Crippen molar-refractivity contribution >= 4 is 10.1 Å². The minimum Gasteiger partial charge on any atom is -0.744 e. The fourth-order valence-corrected chi connectivity index (χ4v) is 6.86. The summed E-state index contributed by atoms with van der Waals surface area (Å²) in [5, 5.41) is 0. The van der Waals surface area contributed by atoms with E-state index in [9.17, 15) is 13.0 Å². The standard InChI is InChI=1S/C42H78O6S.Cs/c1-4-7-10-13-16-19-22-25-28-31-34-46-40-37-39(49(43,44)45)38-41(47-35-32-29-26-23-20-17-14-11-8-5-2)42(40)48-36-33-30-27-24-21-18-15-12-9-6-3;/h37-38H,4-36H2,1-3H3,(H,43,44,45);/q;+1/p-1. The molecule has 0 spiro atoms. The van der Waals surface area contributed by atoms with E-state index in [0.29, 0.717) is 37.1 Å². The molecule has 288 valence electrons. The Hall–Kier alpha value is 0.582. The number of hydrogen-bond acceptors (Lipinski definition) is 6. The molecule has 0 aliphatic rings. The van der Waals surface area contributed by atoms with Crippen molar-refractivity contribution in [2.45, 2.75) is 218 Å². The largest absolute Gasteiger partial charge is 1.00 e. The first kappa shape index (κ1) is 50.6. The zero-order chi connectivity index (χ0) is 35.7. The number of rotatable bonds is 37. The van der Waals surface area contributed by atoms with E-state index in [1.807, 2.05) is 0 Å². The van der Waals surface area contributed by atoms with Crippen molar-refractivity contribution in [1.82, 2.24) is 0 Å². The Bertz CT molecular complexity index is 939. The molecule has 0 fully saturated rings. The zero-order valence-electron chi connectivity index (χ0n) is 33.3. The predicted octanol–water partition coefficient (Wildman–Crippen LogP) is 10.5. The van der Waals surface area contributed by atoms with E-state index in [0.717, 1.165) is 38.5 Å². The number of unbranched alkanes of at least 4 members (excludes halogenated alkanes) is 27. The topological polar surface area (TPSA) is 84.9 Å². The molecule has 0 aliphatic heterocycles. The molecule has 0 radical (unpaired) electrons. The fourth-order valence-electron chi connectivity index (χ4n) is 6.36. The maximum absolute atomic E-state index is 12.1. The first-order valence-corrected chi connectivity index (χ1v) is 22.4. The van der Waals surface area contributed by atoms with Crippen LogP contribution >= 0.6 is 0 Å². The summed E-state index contributed by atoms with van der Waals surface area (Å²) >= 11 is 0. The van der Waals surface area contributed by atoms with Crippen LogP contribution in [0.4, 0.5) is 0 Å². The fraction of sp³-hybridized carbons (Fsp3) is 0.857. The Kier molecular flexibility index (Phi) is 37.0. The van der Waals surface area contributed by atoms with E-state index < -0.39 is 10.1 Å². The summed E-state index contributed by atoms with van der Waals surface area (Å²) in [4.78, 5) is -0.324. The van der Waals surface area contributed by atoms with Gasteiger partial charge in [-0.1, -0.05) is 194 Å². The minimum absolute atomic E-state index is 0. The quantitative estimate of drug-likeness (QED) is 0.0490. The van der Waals surface area contributed by atoms with Gasteiger partial charge in [0.1, 0.15) is 10.1 Å². The van der Waals surface area contributed by atoms with Crippen LogP contribution in [0, 0.1) is 0 Å². The second kappa shape index (κ2) is 36.6. The third-order valence-electron chi connectivity index (χ3n) is 9.54. The Morgan fingerprint density at radius 1 is 0.420 bits per heavy atom. The molecule has 50 heavy (non-hydrogen) atoms. The van der Waals surface area contributed by atoms with Crippen LogP contribution in [0.15, 0.2) is 17.0 Å². The molecule has 0 saturated heterocycles. The monoisotopic (exact) mass is 842 g/mol. The van der Waals surface area contributed by atoms with Gasteiger partial charge in [-0.2, -0.15) is 0 Å². The SMILES string of the molecule is CCCCCCCCCCCCOc1cc(S(=O)(=O)[O-])cc(OCCCCCCCCCCCC)c1OCCCCCCCCCCCC.[Cs+]. The second-order valence-corrected chi connectivity index (χ2v) is 15.7. The smallest absolute Gasteiger partial charge is 0.744 e. The van der Waals surface area contributed by atoms with Crippen LogP contribution in [0.5, 0.6) is 17.2 Å². The molecule has 0 amide bonds. The molecule has 0 bridgehead atoms. The van der Waals surface area contributed by atoms with E-state index in [1.54, 1.807) is 0 Å². The summed E-state index contributed by atoms with van der Waals surface area (Å²) in [6.07, 6.45) is 36.8. The molecule has 0 heterocycles. The Morgan fingerprint density at radius 3 is 0.920 bits per heavy atom. The van der Waals surface area contributed by atoms with Gasteiger partial charge in [0.25, 0.3) is 0 Å². The molecule has 8 heteroatoms. The van der Waals surface area contributed by atoms with E-state index in [1.165, 1.54) is 166 Å². The molecule has 0 N–H and O–H groups in total. The first-order valence-electron chi connectivity index (χ1n) is 21.0. The first-order chi connectivity index (χ1) is 23.9. The van der Waals surface area contributed by atoms with Crippen LogP contribution in [-0.2, 0) is 10.1 Å². The Morgan fingerprint density at radius 2 is 0.660 bits per heavy atom. The van der Waals surface area contributed by atoms with E-state index in [-0.39, 0.29) is 73.8 Å². The van der Waals surface area contributed by atoms with Crippen LogP contribution in [0.2, 0.25) is 0 Å². The molecule has 0 aliphatic carbocycles. The molecule has 0 atom stereocenters. The van der Waals surface area contributed by atoms with Gasteiger partial charge in [0, 0.05) is 12.1 Å². The average molecular weight is 843 g/mol. The van der Waals surface area contributed by atoms with Crippen molar-refractivity contribution in [1.29, 1.82) is 0 Å². The Balaban J connectivity index is 0.0000240. The van der Waals surface area contributed by atoms with Crippen molar-refractivity contribution in [2.75, 3.05) is 19.8 Å². The van der Waals surface area contributed by atoms with Crippen LogP contribution in [0.25, 0.3) is 0 Å². The molecule has 1 aromatic carbocycles. The molecular formula is C42H77CsO6S. The molecule has 1 rings (SSSR count). The van der Waals surface area contributed by atoms with Gasteiger partial charge in [-0.25, -0.2) is 8.42 Å². The summed E-state index contributed by atoms with van der Waals surface area (Å²) in [6.45, 7) is 8.15. The summed E-state index contributed by atoms with van der Waals surface area (Å²) in [7, 11) is -4.68. The van der Waals surface area contributed by atoms with Gasteiger partial charge in [-0.3, -0.25) is 0 Å². The molecule has 6 nitrogen and oxygen atoms in total. The van der Waals surface area contributed by atoms with E-state index in [2.05, 4.69) is 20.8 Å². The van der Waals surface area contributed by atoms with Gasteiger partial charge in [0.05, 0.1) is 24.7 Å². The van der Waals surface area contributed by atoms with Crippen molar-refractivity contribution in [2.24, 2.45) is 0 Å². The molecule has 0 saturated carbocycles. The zero-order valence-corrected chi connectivity index (χ0v) is 40.4. The van der Waals surface area contributed by atoms with Crippen molar-refractivity contribution < 1.29 is 96.1 Å². The molecular weight excluding hydrogens is 765 g/mol. The van der Waals surface area contributed by atoms with Gasteiger partial charge < -0.3 is 18.8 Å². The number of benzene rings is 1. The predicted molar refractivity (Wildman–Crippen MR) is 206 cm³/mol. The van der Waals surface area contributed by atoms with Crippen LogP contribution in [0.3, 0.4) is 0 Å². The third kappa shape index (κ3) is 29.0. The normalized spacial score (nSPS) is 11.4. The summed E-state index contributed by atoms with van der Waals surface area (Å²) in [5.41, 5.74) is 0. The van der Waals surface area contributed by atoms with E-state index >= 15 is 0 Å². The summed E-state index contributed by atoms with van der Waals surface area (Å²) < 4.78 is 54.9. The average Bonchev–Trinajstić information content (AvgIpc) is 3.08. The molecule has 1 aromatic rings. The van der Waals surface area contributed by atoms with Gasteiger partial charge >= 0.3 is 68.9 Å². The van der Waals surface area contributed by atoms with Gasteiger partial charge in [0.2, 0.25) is 5.75 Å². The molecule has 0 unspecified atom stereocenters. The van der Waals surface area contributed by atoms with E-state index in [4.69, 9.17) is 14.2 Å². The van der Waals surface area contributed by atoms with Gasteiger partial charge in [-0.05, 0) is 19.3 Å². The summed E-state index contributed by atoms with van der Waals surface area (Å²) in [6, 6.07) is 2.67. The maximum atomic E-state index is 12.1. The number of ether oxygens (including phenoxy) is 3. The van der Waals surface area contributed by atoms with Crippen LogP contribution in [0.1, 0.15) is 213 Å². The van der Waals surface area contributed by atoms with Crippen LogP contribution < -0.4 is 83.1 Å². The minimum atomic E-state index is -4.68. The third-order valence-corrected chi connectivity index (χ3v) is 10.4. The van der Waals surface area contributed by atoms with Crippen molar-refractivity contribution in [3.05, 3.63) is 12.1 Å².